The highest BCUT2D eigenvalue weighted by Crippen LogP contribution is 2.33. The summed E-state index contributed by atoms with van der Waals surface area (Å²) in [4.78, 5) is 14.8. The van der Waals surface area contributed by atoms with Gasteiger partial charge >= 0.3 is 0 Å². The molecule has 2 aromatic carbocycles. The standard InChI is InChI=1S/C23H28N2O3S/c1-29(27,28)24-21-14-13-20-11-6-12-23(26)25(20)22(21)16-17-7-5-10-19(15-17)18-8-3-2-4-9-18/h2-5,7-10,15,20-22,24H,6,11-14,16H2,1H3/t20-,21+,22+/m1/s1. The molecule has 0 spiro atoms. The van der Waals surface area contributed by atoms with Crippen LogP contribution in [0.4, 0.5) is 0 Å². The first-order valence-corrected chi connectivity index (χ1v) is 12.2. The monoisotopic (exact) mass is 412 g/mol. The summed E-state index contributed by atoms with van der Waals surface area (Å²) in [6, 6.07) is 18.4. The van der Waals surface area contributed by atoms with Crippen molar-refractivity contribution < 1.29 is 13.2 Å². The van der Waals surface area contributed by atoms with Gasteiger partial charge in [-0.15, -0.1) is 0 Å². The van der Waals surface area contributed by atoms with Crippen LogP contribution in [0.3, 0.4) is 0 Å². The Morgan fingerprint density at radius 2 is 1.76 bits per heavy atom. The smallest absolute Gasteiger partial charge is 0.223 e. The molecule has 2 fully saturated rings. The normalized spacial score (nSPS) is 24.9. The third kappa shape index (κ3) is 4.70. The molecule has 1 N–H and O–H groups in total. The summed E-state index contributed by atoms with van der Waals surface area (Å²) in [6.07, 6.45) is 5.98. The number of nitrogens with one attached hydrogen (secondary N) is 1. The van der Waals surface area contributed by atoms with Gasteiger partial charge in [0.2, 0.25) is 15.9 Å². The summed E-state index contributed by atoms with van der Waals surface area (Å²) in [6.45, 7) is 0. The predicted octanol–water partition coefficient (Wildman–Crippen LogP) is 3.36. The second kappa shape index (κ2) is 8.28. The van der Waals surface area contributed by atoms with Crippen molar-refractivity contribution in [2.24, 2.45) is 0 Å². The largest absolute Gasteiger partial charge is 0.335 e. The molecule has 2 aliphatic rings. The van der Waals surface area contributed by atoms with Gasteiger partial charge in [0.1, 0.15) is 0 Å². The summed E-state index contributed by atoms with van der Waals surface area (Å²) in [5.41, 5.74) is 3.40. The van der Waals surface area contributed by atoms with Gasteiger partial charge < -0.3 is 4.90 Å². The van der Waals surface area contributed by atoms with E-state index >= 15 is 0 Å². The molecule has 0 aliphatic carbocycles. The van der Waals surface area contributed by atoms with Crippen LogP contribution in [0.5, 0.6) is 0 Å². The predicted molar refractivity (Wildman–Crippen MR) is 115 cm³/mol. The minimum absolute atomic E-state index is 0.151. The lowest BCUT2D eigenvalue weighted by atomic mass is 9.83. The Bertz CT molecular complexity index is 975. The third-order valence-electron chi connectivity index (χ3n) is 6.09. The number of carbonyl (C=O) groups is 1. The summed E-state index contributed by atoms with van der Waals surface area (Å²) in [5, 5.41) is 0. The van der Waals surface area contributed by atoms with Crippen molar-refractivity contribution in [3.8, 4) is 11.1 Å². The van der Waals surface area contributed by atoms with Gasteiger partial charge in [0.15, 0.2) is 0 Å². The van der Waals surface area contributed by atoms with Crippen LogP contribution in [0.1, 0.15) is 37.7 Å². The van der Waals surface area contributed by atoms with E-state index in [1.165, 1.54) is 6.26 Å². The third-order valence-corrected chi connectivity index (χ3v) is 6.82. The van der Waals surface area contributed by atoms with E-state index in [-0.39, 0.29) is 24.0 Å². The molecule has 154 valence electrons. The molecule has 6 heteroatoms. The van der Waals surface area contributed by atoms with Crippen LogP contribution >= 0.6 is 0 Å². The SMILES string of the molecule is CS(=O)(=O)N[C@H]1CC[C@H]2CCCC(=O)N2[C@H]1Cc1cccc(-c2ccccc2)c1. The Balaban J connectivity index is 1.64. The number of fused-ring (bicyclic) bond motifs is 1. The number of nitrogens with zero attached hydrogens (tertiary/aromatic N) is 1. The van der Waals surface area contributed by atoms with Gasteiger partial charge in [0, 0.05) is 18.5 Å². The molecule has 4 rings (SSSR count). The molecule has 2 aromatic rings. The molecule has 0 radical (unpaired) electrons. The molecular weight excluding hydrogens is 384 g/mol. The summed E-state index contributed by atoms with van der Waals surface area (Å²) < 4.78 is 26.7. The minimum atomic E-state index is -3.34. The first-order valence-electron chi connectivity index (χ1n) is 10.3. The van der Waals surface area contributed by atoms with Crippen molar-refractivity contribution in [2.75, 3.05) is 6.26 Å². The maximum Gasteiger partial charge on any atom is 0.223 e. The minimum Gasteiger partial charge on any atom is -0.335 e. The van der Waals surface area contributed by atoms with E-state index in [4.69, 9.17) is 0 Å². The molecule has 2 saturated heterocycles. The Morgan fingerprint density at radius 1 is 1.00 bits per heavy atom. The first-order chi connectivity index (χ1) is 13.9. The van der Waals surface area contributed by atoms with Gasteiger partial charge in [-0.05, 0) is 48.8 Å². The van der Waals surface area contributed by atoms with Crippen LogP contribution in [0.15, 0.2) is 54.6 Å². The van der Waals surface area contributed by atoms with Crippen molar-refractivity contribution in [3.05, 3.63) is 60.2 Å². The quantitative estimate of drug-likeness (QED) is 0.819. The fraction of sp³-hybridized carbons (Fsp3) is 0.435. The molecule has 29 heavy (non-hydrogen) atoms. The molecule has 5 nitrogen and oxygen atoms in total. The fourth-order valence-electron chi connectivity index (χ4n) is 4.86. The van der Waals surface area contributed by atoms with Crippen molar-refractivity contribution in [1.29, 1.82) is 0 Å². The van der Waals surface area contributed by atoms with Gasteiger partial charge in [-0.2, -0.15) is 0 Å². The summed E-state index contributed by atoms with van der Waals surface area (Å²) in [7, 11) is -3.34. The zero-order valence-corrected chi connectivity index (χ0v) is 17.6. The number of benzene rings is 2. The van der Waals surface area contributed by atoms with E-state index < -0.39 is 10.0 Å². The topological polar surface area (TPSA) is 66.5 Å². The molecule has 0 unspecified atom stereocenters. The van der Waals surface area contributed by atoms with Crippen LogP contribution in [0.25, 0.3) is 11.1 Å². The molecular formula is C23H28N2O3S. The second-order valence-corrected chi connectivity index (χ2v) is 10.0. The highest BCUT2D eigenvalue weighted by atomic mass is 32.2. The molecule has 0 bridgehead atoms. The number of amides is 1. The zero-order chi connectivity index (χ0) is 20.4. The highest BCUT2D eigenvalue weighted by Gasteiger charge is 2.42. The van der Waals surface area contributed by atoms with Gasteiger partial charge in [-0.1, -0.05) is 54.6 Å². The second-order valence-electron chi connectivity index (χ2n) is 8.26. The van der Waals surface area contributed by atoms with Crippen molar-refractivity contribution in [3.63, 3.8) is 0 Å². The van der Waals surface area contributed by atoms with Gasteiger partial charge in [-0.3, -0.25) is 4.79 Å². The van der Waals surface area contributed by atoms with E-state index in [0.717, 1.165) is 42.4 Å². The number of rotatable bonds is 5. The maximum absolute atomic E-state index is 12.8. The molecule has 3 atom stereocenters. The van der Waals surface area contributed by atoms with Gasteiger partial charge in [0.25, 0.3) is 0 Å². The first kappa shape index (κ1) is 20.1. The fourth-order valence-corrected chi connectivity index (χ4v) is 5.69. The van der Waals surface area contributed by atoms with E-state index in [0.29, 0.717) is 12.8 Å². The van der Waals surface area contributed by atoms with Crippen molar-refractivity contribution in [2.45, 2.75) is 56.7 Å². The Labute approximate surface area is 173 Å². The van der Waals surface area contributed by atoms with Crippen LogP contribution < -0.4 is 4.72 Å². The van der Waals surface area contributed by atoms with Crippen molar-refractivity contribution >= 4 is 15.9 Å². The molecule has 2 aliphatic heterocycles. The maximum atomic E-state index is 12.8. The van der Waals surface area contributed by atoms with Crippen molar-refractivity contribution in [1.82, 2.24) is 9.62 Å². The van der Waals surface area contributed by atoms with E-state index in [2.05, 4.69) is 35.1 Å². The van der Waals surface area contributed by atoms with Crippen LogP contribution in [0.2, 0.25) is 0 Å². The zero-order valence-electron chi connectivity index (χ0n) is 16.8. The molecule has 0 aromatic heterocycles. The van der Waals surface area contributed by atoms with Gasteiger partial charge in [0.05, 0.1) is 12.3 Å². The average Bonchev–Trinajstić information content (AvgIpc) is 2.70. The molecule has 1 amide bonds. The average molecular weight is 413 g/mol. The van der Waals surface area contributed by atoms with E-state index in [1.807, 2.05) is 29.2 Å². The van der Waals surface area contributed by atoms with E-state index in [1.54, 1.807) is 0 Å². The number of hydrogen-bond donors (Lipinski definition) is 1. The Morgan fingerprint density at radius 3 is 2.52 bits per heavy atom. The van der Waals surface area contributed by atoms with Crippen LogP contribution in [0, 0.1) is 0 Å². The number of carbonyl (C=O) groups excluding carboxylic acids is 1. The van der Waals surface area contributed by atoms with E-state index in [9.17, 15) is 13.2 Å². The number of piperidine rings is 2. The van der Waals surface area contributed by atoms with Gasteiger partial charge in [-0.25, -0.2) is 13.1 Å². The van der Waals surface area contributed by atoms with Crippen LogP contribution in [-0.4, -0.2) is 43.6 Å². The molecule has 2 heterocycles. The lowest BCUT2D eigenvalue weighted by Crippen LogP contribution is -2.62. The summed E-state index contributed by atoms with van der Waals surface area (Å²) >= 11 is 0. The number of sulfonamides is 1. The Hall–Kier alpha value is -2.18. The lowest BCUT2D eigenvalue weighted by molar-refractivity contribution is -0.142. The molecule has 0 saturated carbocycles. The Kier molecular flexibility index (Phi) is 5.74. The summed E-state index contributed by atoms with van der Waals surface area (Å²) in [5.74, 6) is 0.158. The highest BCUT2D eigenvalue weighted by molar-refractivity contribution is 7.88. The lowest BCUT2D eigenvalue weighted by Gasteiger charge is -2.48. The van der Waals surface area contributed by atoms with Crippen LogP contribution in [-0.2, 0) is 21.2 Å². The number of hydrogen-bond acceptors (Lipinski definition) is 3.